The van der Waals surface area contributed by atoms with Gasteiger partial charge in [-0.25, -0.2) is 4.98 Å². The summed E-state index contributed by atoms with van der Waals surface area (Å²) in [5, 5.41) is 0. The Hall–Kier alpha value is -3.33. The van der Waals surface area contributed by atoms with Gasteiger partial charge < -0.3 is 10.5 Å². The molecule has 0 spiro atoms. The Balaban J connectivity index is 1.58. The van der Waals surface area contributed by atoms with Crippen LogP contribution in [0.2, 0.25) is 0 Å². The van der Waals surface area contributed by atoms with Crippen LogP contribution in [0.4, 0.5) is 5.69 Å². The molecule has 0 amide bonds. The van der Waals surface area contributed by atoms with E-state index in [1.807, 2.05) is 0 Å². The van der Waals surface area contributed by atoms with E-state index in [0.717, 1.165) is 48.4 Å². The molecule has 1 aliphatic heterocycles. The van der Waals surface area contributed by atoms with Crippen molar-refractivity contribution in [2.24, 2.45) is 5.92 Å². The summed E-state index contributed by atoms with van der Waals surface area (Å²) >= 11 is 0. The largest absolute Gasteiger partial charge is 0.438 e. The molecule has 0 saturated carbocycles. The van der Waals surface area contributed by atoms with Crippen LogP contribution < -0.4 is 10.5 Å². The van der Waals surface area contributed by atoms with Gasteiger partial charge in [-0.05, 0) is 78.4 Å². The van der Waals surface area contributed by atoms with Crippen molar-refractivity contribution in [2.75, 3.05) is 5.73 Å². The van der Waals surface area contributed by atoms with Crippen LogP contribution in [-0.4, -0.2) is 4.98 Å². The third kappa shape index (κ3) is 3.56. The molecule has 3 nitrogen and oxygen atoms in total. The maximum absolute atomic E-state index is 6.91. The number of hydrogen-bond acceptors (Lipinski definition) is 3. The summed E-state index contributed by atoms with van der Waals surface area (Å²) in [5.74, 6) is 2.36. The topological polar surface area (TPSA) is 48.1 Å². The van der Waals surface area contributed by atoms with E-state index < -0.39 is 0 Å². The lowest BCUT2D eigenvalue weighted by Crippen LogP contribution is -2.26. The molecule has 2 heterocycles. The highest BCUT2D eigenvalue weighted by Gasteiger charge is 2.39. The van der Waals surface area contributed by atoms with Crippen molar-refractivity contribution >= 4 is 11.8 Å². The highest BCUT2D eigenvalue weighted by atomic mass is 16.5. The van der Waals surface area contributed by atoms with Crippen molar-refractivity contribution in [1.82, 2.24) is 4.98 Å². The van der Waals surface area contributed by atoms with E-state index in [0.29, 0.717) is 11.8 Å². The second-order valence-corrected chi connectivity index (χ2v) is 9.77. The number of benzene rings is 2. The standard InChI is InChI=1S/C30H30N2O/c1-19-16-22(18-20-10-4-2-5-11-20)29-24(17-19)26(21-12-6-3-7-13-21)27-28(31)23-14-8-9-15-25(23)32-30(27)33-29/h2-7,10-13,18-19,26H,8-9,14-17H2,1H3,(H2,31,32)/b22-18+. The molecular weight excluding hydrogens is 404 g/mol. The molecule has 3 heteroatoms. The van der Waals surface area contributed by atoms with Gasteiger partial charge in [-0.2, -0.15) is 0 Å². The van der Waals surface area contributed by atoms with Crippen LogP contribution in [0.1, 0.15) is 66.5 Å². The fraction of sp³-hybridized carbons (Fsp3) is 0.300. The Kier molecular flexibility index (Phi) is 5.05. The molecule has 0 bridgehead atoms. The monoisotopic (exact) mass is 434 g/mol. The van der Waals surface area contributed by atoms with Gasteiger partial charge >= 0.3 is 0 Å². The first-order valence-corrected chi connectivity index (χ1v) is 12.2. The maximum atomic E-state index is 6.91. The second-order valence-electron chi connectivity index (χ2n) is 9.77. The molecular formula is C30H30N2O. The fourth-order valence-electron chi connectivity index (χ4n) is 5.87. The number of hydrogen-bond donors (Lipinski definition) is 1. The summed E-state index contributed by atoms with van der Waals surface area (Å²) in [6.45, 7) is 2.34. The minimum absolute atomic E-state index is 0.0894. The fourth-order valence-corrected chi connectivity index (χ4v) is 5.87. The number of nitrogen functional groups attached to an aromatic ring is 1. The zero-order valence-electron chi connectivity index (χ0n) is 19.2. The Morgan fingerprint density at radius 3 is 2.45 bits per heavy atom. The van der Waals surface area contributed by atoms with Gasteiger partial charge in [0.2, 0.25) is 5.88 Å². The number of pyridine rings is 1. The minimum Gasteiger partial charge on any atom is -0.438 e. The molecule has 2 N–H and O–H groups in total. The molecule has 3 aliphatic rings. The molecule has 0 fully saturated rings. The van der Waals surface area contributed by atoms with Crippen LogP contribution in [0.3, 0.4) is 0 Å². The van der Waals surface area contributed by atoms with Crippen LogP contribution in [0.15, 0.2) is 77.6 Å². The maximum Gasteiger partial charge on any atom is 0.225 e. The summed E-state index contributed by atoms with van der Waals surface area (Å²) < 4.78 is 6.69. The Morgan fingerprint density at radius 2 is 1.67 bits per heavy atom. The first-order chi connectivity index (χ1) is 16.2. The lowest BCUT2D eigenvalue weighted by Gasteiger charge is -2.38. The number of anilines is 1. The molecule has 1 aromatic heterocycles. The molecule has 33 heavy (non-hydrogen) atoms. The van der Waals surface area contributed by atoms with E-state index in [1.165, 1.54) is 40.7 Å². The van der Waals surface area contributed by atoms with E-state index in [9.17, 15) is 0 Å². The number of rotatable bonds is 2. The highest BCUT2D eigenvalue weighted by molar-refractivity contribution is 5.69. The summed E-state index contributed by atoms with van der Waals surface area (Å²) in [6.07, 6.45) is 8.67. The first-order valence-electron chi connectivity index (χ1n) is 12.2. The van der Waals surface area contributed by atoms with Crippen molar-refractivity contribution in [3.63, 3.8) is 0 Å². The van der Waals surface area contributed by atoms with E-state index in [-0.39, 0.29) is 5.92 Å². The van der Waals surface area contributed by atoms with Gasteiger partial charge in [0.25, 0.3) is 0 Å². The minimum atomic E-state index is 0.0894. The number of aryl methyl sites for hydroxylation is 1. The first kappa shape index (κ1) is 20.3. The van der Waals surface area contributed by atoms with E-state index in [2.05, 4.69) is 73.7 Å². The van der Waals surface area contributed by atoms with Crippen molar-refractivity contribution in [1.29, 1.82) is 0 Å². The van der Waals surface area contributed by atoms with Gasteiger partial charge in [0.05, 0.1) is 0 Å². The average Bonchev–Trinajstić information content (AvgIpc) is 2.84. The molecule has 2 atom stereocenters. The van der Waals surface area contributed by atoms with Crippen molar-refractivity contribution in [2.45, 2.75) is 51.4 Å². The molecule has 0 saturated heterocycles. The van der Waals surface area contributed by atoms with Crippen LogP contribution in [0.5, 0.6) is 5.88 Å². The Bertz CT molecular complexity index is 1260. The normalized spacial score (nSPS) is 22.9. The van der Waals surface area contributed by atoms with Crippen molar-refractivity contribution < 1.29 is 4.74 Å². The average molecular weight is 435 g/mol. The van der Waals surface area contributed by atoms with E-state index in [4.69, 9.17) is 15.5 Å². The van der Waals surface area contributed by atoms with Crippen LogP contribution in [-0.2, 0) is 12.8 Å². The van der Waals surface area contributed by atoms with Gasteiger partial charge in [0, 0.05) is 22.9 Å². The predicted octanol–water partition coefficient (Wildman–Crippen LogP) is 6.83. The number of ether oxygens (including phenoxy) is 1. The van der Waals surface area contributed by atoms with E-state index in [1.54, 1.807) is 0 Å². The molecule has 2 unspecified atom stereocenters. The van der Waals surface area contributed by atoms with Gasteiger partial charge in [0.1, 0.15) is 5.76 Å². The third-order valence-electron chi connectivity index (χ3n) is 7.35. The number of nitrogens with zero attached hydrogens (tertiary/aromatic N) is 1. The number of allylic oxidation sites excluding steroid dienone is 2. The molecule has 2 aliphatic carbocycles. The summed E-state index contributed by atoms with van der Waals surface area (Å²) in [7, 11) is 0. The van der Waals surface area contributed by atoms with Crippen molar-refractivity contribution in [3.8, 4) is 5.88 Å². The smallest absolute Gasteiger partial charge is 0.225 e. The third-order valence-corrected chi connectivity index (χ3v) is 7.35. The lowest BCUT2D eigenvalue weighted by molar-refractivity contribution is 0.352. The van der Waals surface area contributed by atoms with Gasteiger partial charge in [-0.3, -0.25) is 0 Å². The molecule has 0 radical (unpaired) electrons. The number of nitrogens with two attached hydrogens (primary N) is 1. The number of aromatic nitrogens is 1. The van der Waals surface area contributed by atoms with E-state index >= 15 is 0 Å². The predicted molar refractivity (Wildman–Crippen MR) is 134 cm³/mol. The van der Waals surface area contributed by atoms with Gasteiger partial charge in [-0.15, -0.1) is 0 Å². The molecule has 2 aromatic carbocycles. The Labute approximate surface area is 196 Å². The summed E-state index contributed by atoms with van der Waals surface area (Å²) in [5.41, 5.74) is 16.4. The zero-order chi connectivity index (χ0) is 22.4. The number of fused-ring (bicyclic) bond motifs is 2. The second kappa shape index (κ2) is 8.22. The van der Waals surface area contributed by atoms with Crippen LogP contribution in [0.25, 0.3) is 6.08 Å². The summed E-state index contributed by atoms with van der Waals surface area (Å²) in [6, 6.07) is 21.3. The highest BCUT2D eigenvalue weighted by Crippen LogP contribution is 2.52. The molecule has 3 aromatic rings. The van der Waals surface area contributed by atoms with Gasteiger partial charge in [0.15, 0.2) is 0 Å². The quantitative estimate of drug-likeness (QED) is 0.481. The van der Waals surface area contributed by atoms with Gasteiger partial charge in [-0.1, -0.05) is 67.6 Å². The Morgan fingerprint density at radius 1 is 0.939 bits per heavy atom. The van der Waals surface area contributed by atoms with Crippen LogP contribution >= 0.6 is 0 Å². The molecule has 6 rings (SSSR count). The van der Waals surface area contributed by atoms with Crippen LogP contribution in [0, 0.1) is 5.92 Å². The van der Waals surface area contributed by atoms with Crippen molar-refractivity contribution in [3.05, 3.63) is 106 Å². The molecule has 166 valence electrons. The summed E-state index contributed by atoms with van der Waals surface area (Å²) in [4.78, 5) is 5.08. The SMILES string of the molecule is CC1CC2=C(Oc3nc4c(c(N)c3C2c2ccccc2)CCCC4)/C(=C/c2ccccc2)C1. The zero-order valence-corrected chi connectivity index (χ0v) is 19.2. The lowest BCUT2D eigenvalue weighted by atomic mass is 9.73.